The van der Waals surface area contributed by atoms with Crippen LogP contribution in [0.1, 0.15) is 11.1 Å². The van der Waals surface area contributed by atoms with E-state index in [0.717, 1.165) is 15.8 Å². The summed E-state index contributed by atoms with van der Waals surface area (Å²) in [7, 11) is 0. The normalized spacial score (nSPS) is 14.4. The van der Waals surface area contributed by atoms with Crippen LogP contribution in [0.25, 0.3) is 11.0 Å². The van der Waals surface area contributed by atoms with Gasteiger partial charge in [-0.1, -0.05) is 18.3 Å². The Morgan fingerprint density at radius 1 is 1.25 bits per heavy atom. The summed E-state index contributed by atoms with van der Waals surface area (Å²) in [5.41, 5.74) is 2.39. The number of ether oxygens (including phenoxy) is 2. The van der Waals surface area contributed by atoms with E-state index in [1.54, 1.807) is 12.1 Å². The summed E-state index contributed by atoms with van der Waals surface area (Å²) < 4.78 is 18.2. The zero-order valence-electron chi connectivity index (χ0n) is 15.7. The maximum Gasteiger partial charge on any atom is 0.200 e. The maximum atomic E-state index is 12.6. The van der Waals surface area contributed by atoms with Gasteiger partial charge in [0, 0.05) is 37.3 Å². The second-order valence-electron chi connectivity index (χ2n) is 6.74. The molecule has 0 saturated carbocycles. The number of aromatic amines is 1. The molecule has 0 unspecified atom stereocenters. The van der Waals surface area contributed by atoms with Gasteiger partial charge in [-0.25, -0.2) is 0 Å². The summed E-state index contributed by atoms with van der Waals surface area (Å²) >= 11 is 5.29. The number of morpholine rings is 1. The summed E-state index contributed by atoms with van der Waals surface area (Å²) in [6.45, 7) is 5.08. The molecule has 28 heavy (non-hydrogen) atoms. The molecule has 1 aliphatic heterocycles. The number of nitrogens with zero attached hydrogens (tertiary/aromatic N) is 1. The van der Waals surface area contributed by atoms with Crippen LogP contribution < -0.4 is 15.1 Å². The Bertz CT molecular complexity index is 1100. The van der Waals surface area contributed by atoms with Crippen molar-refractivity contribution in [3.63, 3.8) is 0 Å². The third-order valence-electron chi connectivity index (χ3n) is 4.93. The van der Waals surface area contributed by atoms with Gasteiger partial charge >= 0.3 is 0 Å². The average Bonchev–Trinajstić information content (AvgIpc) is 2.72. The Morgan fingerprint density at radius 3 is 2.86 bits per heavy atom. The quantitative estimate of drug-likeness (QED) is 0.662. The fourth-order valence-corrected chi connectivity index (χ4v) is 3.58. The average molecular weight is 398 g/mol. The summed E-state index contributed by atoms with van der Waals surface area (Å²) in [5, 5.41) is 0.562. The third kappa shape index (κ3) is 3.81. The van der Waals surface area contributed by atoms with Crippen LogP contribution in [0.15, 0.2) is 45.7 Å². The lowest BCUT2D eigenvalue weighted by molar-refractivity contribution is 0.121. The van der Waals surface area contributed by atoms with Gasteiger partial charge in [0.05, 0.1) is 25.2 Å². The van der Waals surface area contributed by atoms with Gasteiger partial charge in [0.25, 0.3) is 0 Å². The number of benzene rings is 1. The van der Waals surface area contributed by atoms with Crippen LogP contribution in [0.4, 0.5) is 5.88 Å². The van der Waals surface area contributed by atoms with Crippen molar-refractivity contribution in [2.24, 2.45) is 0 Å². The summed E-state index contributed by atoms with van der Waals surface area (Å²) in [4.78, 5) is 17.6. The van der Waals surface area contributed by atoms with Gasteiger partial charge in [0.15, 0.2) is 11.3 Å². The summed E-state index contributed by atoms with van der Waals surface area (Å²) in [5.74, 6) is 1.29. The fraction of sp³-hybridized carbons (Fsp3) is 0.333. The van der Waals surface area contributed by atoms with E-state index in [0.29, 0.717) is 61.9 Å². The lowest BCUT2D eigenvalue weighted by atomic mass is 10.1. The number of nitrogens with one attached hydrogen (secondary N) is 1. The molecule has 3 heterocycles. The zero-order chi connectivity index (χ0) is 19.5. The zero-order valence-corrected chi connectivity index (χ0v) is 16.5. The van der Waals surface area contributed by atoms with Gasteiger partial charge < -0.3 is 23.8 Å². The third-order valence-corrected chi connectivity index (χ3v) is 5.31. The first-order valence-corrected chi connectivity index (χ1v) is 9.74. The predicted octanol–water partition coefficient (Wildman–Crippen LogP) is 3.62. The fourth-order valence-electron chi connectivity index (χ4n) is 3.34. The van der Waals surface area contributed by atoms with Crippen LogP contribution in [-0.4, -0.2) is 37.9 Å². The van der Waals surface area contributed by atoms with Crippen LogP contribution in [0.5, 0.6) is 5.75 Å². The smallest absolute Gasteiger partial charge is 0.200 e. The molecule has 2 aromatic heterocycles. The van der Waals surface area contributed by atoms with Crippen LogP contribution in [0.3, 0.4) is 0 Å². The minimum absolute atomic E-state index is 0.0482. The lowest BCUT2D eigenvalue weighted by Gasteiger charge is -2.27. The van der Waals surface area contributed by atoms with E-state index in [1.807, 2.05) is 36.2 Å². The molecule has 1 fully saturated rings. The van der Waals surface area contributed by atoms with Crippen molar-refractivity contribution in [3.8, 4) is 5.75 Å². The largest absolute Gasteiger partial charge is 0.493 e. The van der Waals surface area contributed by atoms with E-state index < -0.39 is 0 Å². The van der Waals surface area contributed by atoms with E-state index in [2.05, 4.69) is 4.98 Å². The Balaban J connectivity index is 1.59. The van der Waals surface area contributed by atoms with Crippen LogP contribution >= 0.6 is 12.2 Å². The number of hydrogen-bond donors (Lipinski definition) is 1. The van der Waals surface area contributed by atoms with Crippen LogP contribution in [-0.2, 0) is 11.2 Å². The van der Waals surface area contributed by atoms with Crippen molar-refractivity contribution in [2.75, 3.05) is 37.8 Å². The summed E-state index contributed by atoms with van der Waals surface area (Å²) in [6.07, 6.45) is 2.51. The van der Waals surface area contributed by atoms with Crippen molar-refractivity contribution in [1.82, 2.24) is 4.98 Å². The Kier molecular flexibility index (Phi) is 5.45. The number of aromatic nitrogens is 1. The van der Waals surface area contributed by atoms with E-state index >= 15 is 0 Å². The molecule has 1 aromatic carbocycles. The van der Waals surface area contributed by atoms with Gasteiger partial charge in [-0.15, -0.1) is 0 Å². The summed E-state index contributed by atoms with van der Waals surface area (Å²) in [6, 6.07) is 9.07. The van der Waals surface area contributed by atoms with E-state index in [4.69, 9.17) is 26.1 Å². The Morgan fingerprint density at radius 2 is 2.07 bits per heavy atom. The Hall–Kier alpha value is -2.64. The van der Waals surface area contributed by atoms with Crippen molar-refractivity contribution >= 4 is 29.1 Å². The van der Waals surface area contributed by atoms with Gasteiger partial charge in [-0.05, 0) is 30.7 Å². The van der Waals surface area contributed by atoms with Gasteiger partial charge in [-0.3, -0.25) is 4.79 Å². The highest BCUT2D eigenvalue weighted by Gasteiger charge is 2.17. The molecule has 146 valence electrons. The first-order chi connectivity index (χ1) is 13.6. The molecule has 1 aliphatic rings. The second kappa shape index (κ2) is 8.16. The van der Waals surface area contributed by atoms with E-state index in [9.17, 15) is 4.79 Å². The van der Waals surface area contributed by atoms with Crippen molar-refractivity contribution in [2.45, 2.75) is 13.3 Å². The van der Waals surface area contributed by atoms with Crippen molar-refractivity contribution in [1.29, 1.82) is 0 Å². The standard InChI is InChI=1S/C21H22N2O4S/c1-14-18(26-10-6-15-3-2-7-22-21(15)28)5-4-16-17(24)13-19(27-20(14)16)23-8-11-25-12-9-23/h2-5,7,13H,6,8-12H2,1H3,(H,22,28). The SMILES string of the molecule is Cc1c(OCCc2ccc[nH]c2=S)ccc2c(=O)cc(N3CCOCC3)oc12. The number of anilines is 1. The second-order valence-corrected chi connectivity index (χ2v) is 7.14. The molecular formula is C21H22N2O4S. The monoisotopic (exact) mass is 398 g/mol. The van der Waals surface area contributed by atoms with Gasteiger partial charge in [-0.2, -0.15) is 0 Å². The molecule has 7 heteroatoms. The molecule has 4 rings (SSSR count). The molecule has 0 amide bonds. The molecule has 1 saturated heterocycles. The number of fused-ring (bicyclic) bond motifs is 1. The predicted molar refractivity (Wildman–Crippen MR) is 111 cm³/mol. The van der Waals surface area contributed by atoms with Gasteiger partial charge in [0.1, 0.15) is 16.0 Å². The highest BCUT2D eigenvalue weighted by atomic mass is 32.1. The molecule has 0 radical (unpaired) electrons. The van der Waals surface area contributed by atoms with Crippen LogP contribution in [0.2, 0.25) is 0 Å². The van der Waals surface area contributed by atoms with Crippen LogP contribution in [0, 0.1) is 11.6 Å². The highest BCUT2D eigenvalue weighted by Crippen LogP contribution is 2.29. The number of pyridine rings is 1. The molecule has 0 bridgehead atoms. The first-order valence-electron chi connectivity index (χ1n) is 9.33. The first kappa shape index (κ1) is 18.7. The van der Waals surface area contributed by atoms with E-state index in [1.165, 1.54) is 0 Å². The minimum atomic E-state index is -0.0482. The van der Waals surface area contributed by atoms with E-state index in [-0.39, 0.29) is 5.43 Å². The lowest BCUT2D eigenvalue weighted by Crippen LogP contribution is -2.36. The number of rotatable bonds is 5. The molecular weight excluding hydrogens is 376 g/mol. The number of aryl methyl sites for hydroxylation is 1. The molecule has 6 nitrogen and oxygen atoms in total. The molecule has 3 aromatic rings. The van der Waals surface area contributed by atoms with Gasteiger partial charge in [0.2, 0.25) is 0 Å². The minimum Gasteiger partial charge on any atom is -0.493 e. The topological polar surface area (TPSA) is 67.7 Å². The maximum absolute atomic E-state index is 12.6. The molecule has 1 N–H and O–H groups in total. The Labute approximate surface area is 167 Å². The molecule has 0 aliphatic carbocycles. The van der Waals surface area contributed by atoms with Crippen molar-refractivity contribution in [3.05, 3.63) is 62.5 Å². The molecule has 0 spiro atoms. The molecule has 0 atom stereocenters. The number of H-pyrrole nitrogens is 1. The van der Waals surface area contributed by atoms with Crippen molar-refractivity contribution < 1.29 is 13.9 Å². The highest BCUT2D eigenvalue weighted by molar-refractivity contribution is 7.71. The number of hydrogen-bond acceptors (Lipinski definition) is 6.